The molecule has 6 heteroatoms. The lowest BCUT2D eigenvalue weighted by atomic mass is 9.96. The van der Waals surface area contributed by atoms with Crippen molar-refractivity contribution in [3.05, 3.63) is 34.9 Å². The zero-order chi connectivity index (χ0) is 14.4. The maximum Gasteiger partial charge on any atom is 0.333 e. The fraction of sp³-hybridized carbons (Fsp3) is 0.429. The molecule has 2 rings (SSSR count). The molecule has 0 unspecified atom stereocenters. The minimum Gasteiger partial charge on any atom is -0.334 e. The molecule has 3 N–H and O–H groups in total. The summed E-state index contributed by atoms with van der Waals surface area (Å²) in [4.78, 5) is 23.4. The van der Waals surface area contributed by atoms with Gasteiger partial charge in [0.15, 0.2) is 0 Å². The van der Waals surface area contributed by atoms with Crippen LogP contribution in [0.1, 0.15) is 42.5 Å². The van der Waals surface area contributed by atoms with Crippen molar-refractivity contribution in [1.29, 1.82) is 0 Å². The second kappa shape index (κ2) is 7.14. The van der Waals surface area contributed by atoms with Gasteiger partial charge in [0, 0.05) is 16.6 Å². The van der Waals surface area contributed by atoms with Gasteiger partial charge >= 0.3 is 6.03 Å². The monoisotopic (exact) mass is 295 g/mol. The molecular formula is C14H18ClN3O2. The molecule has 1 aliphatic carbocycles. The van der Waals surface area contributed by atoms with Gasteiger partial charge in [-0.15, -0.1) is 0 Å². The van der Waals surface area contributed by atoms with E-state index in [0.717, 1.165) is 25.7 Å². The molecule has 0 atom stereocenters. The van der Waals surface area contributed by atoms with Crippen LogP contribution in [0, 0.1) is 0 Å². The van der Waals surface area contributed by atoms with E-state index < -0.39 is 0 Å². The summed E-state index contributed by atoms with van der Waals surface area (Å²) in [5.74, 6) is -0.375. The summed E-state index contributed by atoms with van der Waals surface area (Å²) in [6, 6.07) is 6.27. The molecule has 0 bridgehead atoms. The Hall–Kier alpha value is -1.75. The van der Waals surface area contributed by atoms with Crippen molar-refractivity contribution in [2.24, 2.45) is 0 Å². The van der Waals surface area contributed by atoms with Crippen LogP contribution in [0.5, 0.6) is 0 Å². The molecule has 20 heavy (non-hydrogen) atoms. The van der Waals surface area contributed by atoms with Gasteiger partial charge in [-0.3, -0.25) is 10.2 Å². The summed E-state index contributed by atoms with van der Waals surface area (Å²) >= 11 is 5.74. The van der Waals surface area contributed by atoms with Gasteiger partial charge in [0.2, 0.25) is 0 Å². The molecule has 0 aliphatic heterocycles. The topological polar surface area (TPSA) is 70.2 Å². The molecule has 0 heterocycles. The summed E-state index contributed by atoms with van der Waals surface area (Å²) in [5.41, 5.74) is 5.16. The van der Waals surface area contributed by atoms with Gasteiger partial charge in [0.05, 0.1) is 0 Å². The number of hydrogen-bond donors (Lipinski definition) is 3. The lowest BCUT2D eigenvalue weighted by Gasteiger charge is -2.22. The van der Waals surface area contributed by atoms with Crippen LogP contribution in [0.15, 0.2) is 24.3 Å². The summed E-state index contributed by atoms with van der Waals surface area (Å²) in [7, 11) is 0. The Morgan fingerprint density at radius 1 is 1.00 bits per heavy atom. The smallest absolute Gasteiger partial charge is 0.333 e. The summed E-state index contributed by atoms with van der Waals surface area (Å²) in [6.45, 7) is 0. The number of hydrazine groups is 1. The van der Waals surface area contributed by atoms with E-state index in [1.54, 1.807) is 24.3 Å². The number of amides is 3. The number of halogens is 1. The van der Waals surface area contributed by atoms with E-state index in [2.05, 4.69) is 16.2 Å². The third-order valence-corrected chi connectivity index (χ3v) is 3.59. The average molecular weight is 296 g/mol. The predicted molar refractivity (Wildman–Crippen MR) is 77.5 cm³/mol. The van der Waals surface area contributed by atoms with Crippen molar-refractivity contribution >= 4 is 23.5 Å². The molecule has 0 spiro atoms. The standard InChI is InChI=1S/C14H18ClN3O2/c15-11-8-6-10(7-9-11)13(19)17-18-14(20)16-12-4-2-1-3-5-12/h6-9,12H,1-5H2,(H,17,19)(H2,16,18,20). The first-order valence-electron chi connectivity index (χ1n) is 6.77. The Labute approximate surface area is 123 Å². The van der Waals surface area contributed by atoms with E-state index >= 15 is 0 Å². The highest BCUT2D eigenvalue weighted by atomic mass is 35.5. The molecule has 0 radical (unpaired) electrons. The highest BCUT2D eigenvalue weighted by Gasteiger charge is 2.15. The van der Waals surface area contributed by atoms with Gasteiger partial charge in [-0.05, 0) is 37.1 Å². The van der Waals surface area contributed by atoms with Crippen molar-refractivity contribution in [2.45, 2.75) is 38.1 Å². The molecule has 1 aliphatic rings. The Morgan fingerprint density at radius 2 is 1.65 bits per heavy atom. The maximum atomic E-state index is 11.8. The number of rotatable bonds is 2. The molecule has 1 aromatic rings. The van der Waals surface area contributed by atoms with Gasteiger partial charge in [-0.25, -0.2) is 10.2 Å². The molecule has 0 saturated heterocycles. The van der Waals surface area contributed by atoms with E-state index in [-0.39, 0.29) is 18.0 Å². The van der Waals surface area contributed by atoms with Gasteiger partial charge < -0.3 is 5.32 Å². The largest absolute Gasteiger partial charge is 0.334 e. The number of benzene rings is 1. The van der Waals surface area contributed by atoms with E-state index in [1.165, 1.54) is 6.42 Å². The second-order valence-corrected chi connectivity index (χ2v) is 5.33. The van der Waals surface area contributed by atoms with Crippen molar-refractivity contribution in [3.63, 3.8) is 0 Å². The number of carbonyl (C=O) groups excluding carboxylic acids is 2. The lowest BCUT2D eigenvalue weighted by Crippen LogP contribution is -2.50. The highest BCUT2D eigenvalue weighted by molar-refractivity contribution is 6.30. The number of hydrogen-bond acceptors (Lipinski definition) is 2. The fourth-order valence-corrected chi connectivity index (χ4v) is 2.38. The summed E-state index contributed by atoms with van der Waals surface area (Å²) in [5, 5.41) is 3.41. The van der Waals surface area contributed by atoms with Crippen molar-refractivity contribution < 1.29 is 9.59 Å². The van der Waals surface area contributed by atoms with Crippen molar-refractivity contribution in [2.75, 3.05) is 0 Å². The zero-order valence-corrected chi connectivity index (χ0v) is 11.9. The van der Waals surface area contributed by atoms with Crippen LogP contribution < -0.4 is 16.2 Å². The first kappa shape index (κ1) is 14.7. The normalized spacial score (nSPS) is 15.4. The summed E-state index contributed by atoms with van der Waals surface area (Å²) < 4.78 is 0. The Morgan fingerprint density at radius 3 is 2.30 bits per heavy atom. The highest BCUT2D eigenvalue weighted by Crippen LogP contribution is 2.17. The second-order valence-electron chi connectivity index (χ2n) is 4.89. The maximum absolute atomic E-state index is 11.8. The van der Waals surface area contributed by atoms with Crippen LogP contribution in [0.3, 0.4) is 0 Å². The van der Waals surface area contributed by atoms with Crippen molar-refractivity contribution in [3.8, 4) is 0 Å². The van der Waals surface area contributed by atoms with Gasteiger partial charge in [0.1, 0.15) is 0 Å². The molecule has 108 valence electrons. The molecule has 3 amide bonds. The van der Waals surface area contributed by atoms with Crippen LogP contribution in [0.4, 0.5) is 4.79 Å². The van der Waals surface area contributed by atoms with E-state index in [9.17, 15) is 9.59 Å². The van der Waals surface area contributed by atoms with Crippen LogP contribution >= 0.6 is 11.6 Å². The third kappa shape index (κ3) is 4.42. The molecule has 1 saturated carbocycles. The van der Waals surface area contributed by atoms with E-state index in [1.807, 2.05) is 0 Å². The number of nitrogens with one attached hydrogen (secondary N) is 3. The number of urea groups is 1. The van der Waals surface area contributed by atoms with Crippen molar-refractivity contribution in [1.82, 2.24) is 16.2 Å². The minimum atomic E-state index is -0.376. The fourth-order valence-electron chi connectivity index (χ4n) is 2.26. The third-order valence-electron chi connectivity index (χ3n) is 3.34. The molecular weight excluding hydrogens is 278 g/mol. The Balaban J connectivity index is 1.75. The van der Waals surface area contributed by atoms with Crippen LogP contribution in [-0.4, -0.2) is 18.0 Å². The lowest BCUT2D eigenvalue weighted by molar-refractivity contribution is 0.0935. The summed E-state index contributed by atoms with van der Waals surface area (Å²) in [6.07, 6.45) is 5.51. The minimum absolute atomic E-state index is 0.205. The van der Waals surface area contributed by atoms with Gasteiger partial charge in [-0.2, -0.15) is 0 Å². The van der Waals surface area contributed by atoms with Crippen LogP contribution in [0.25, 0.3) is 0 Å². The average Bonchev–Trinajstić information content (AvgIpc) is 2.46. The Bertz CT molecular complexity index is 470. The van der Waals surface area contributed by atoms with E-state index in [0.29, 0.717) is 10.6 Å². The van der Waals surface area contributed by atoms with Gasteiger partial charge in [-0.1, -0.05) is 30.9 Å². The molecule has 1 aromatic carbocycles. The van der Waals surface area contributed by atoms with E-state index in [4.69, 9.17) is 11.6 Å². The molecule has 0 aromatic heterocycles. The Kier molecular flexibility index (Phi) is 5.24. The number of carbonyl (C=O) groups is 2. The first-order valence-corrected chi connectivity index (χ1v) is 7.15. The van der Waals surface area contributed by atoms with Crippen LogP contribution in [0.2, 0.25) is 5.02 Å². The quantitative estimate of drug-likeness (QED) is 0.734. The van der Waals surface area contributed by atoms with Gasteiger partial charge in [0.25, 0.3) is 5.91 Å². The van der Waals surface area contributed by atoms with Crippen LogP contribution in [-0.2, 0) is 0 Å². The zero-order valence-electron chi connectivity index (χ0n) is 11.1. The first-order chi connectivity index (χ1) is 9.65. The SMILES string of the molecule is O=C(NNC(=O)c1ccc(Cl)cc1)NC1CCCCC1. The predicted octanol–water partition coefficient (Wildman–Crippen LogP) is 2.62. The molecule has 1 fully saturated rings. The molecule has 5 nitrogen and oxygen atoms in total.